The van der Waals surface area contributed by atoms with Crippen molar-refractivity contribution < 1.29 is 38.1 Å². The molecule has 0 atom stereocenters. The van der Waals surface area contributed by atoms with Crippen molar-refractivity contribution in [2.45, 2.75) is 26.4 Å². The molecule has 0 unspecified atom stereocenters. The Kier molecular flexibility index (Phi) is 8.46. The van der Waals surface area contributed by atoms with Crippen molar-refractivity contribution in [2.24, 2.45) is 0 Å². The summed E-state index contributed by atoms with van der Waals surface area (Å²) in [6.07, 6.45) is 0. The van der Waals surface area contributed by atoms with Crippen LogP contribution in [-0.4, -0.2) is 50.9 Å². The number of amides is 1. The third-order valence-corrected chi connectivity index (χ3v) is 3.87. The zero-order valence-electron chi connectivity index (χ0n) is 18.7. The molecule has 172 valence electrons. The Morgan fingerprint density at radius 3 is 2.16 bits per heavy atom. The number of rotatable bonds is 9. The van der Waals surface area contributed by atoms with Crippen molar-refractivity contribution in [2.75, 3.05) is 32.8 Å². The molecule has 9 heteroatoms. The second-order valence-electron chi connectivity index (χ2n) is 7.59. The van der Waals surface area contributed by atoms with Gasteiger partial charge in [0.15, 0.2) is 24.7 Å². The zero-order chi connectivity index (χ0) is 23.7. The molecule has 0 aliphatic carbocycles. The lowest BCUT2D eigenvalue weighted by atomic mass is 10.2. The van der Waals surface area contributed by atoms with E-state index in [4.69, 9.17) is 23.7 Å². The van der Waals surface area contributed by atoms with Crippen LogP contribution in [0.4, 0.5) is 5.69 Å². The van der Waals surface area contributed by atoms with Gasteiger partial charge in [-0.05, 0) is 63.2 Å². The van der Waals surface area contributed by atoms with Crippen LogP contribution in [0.3, 0.4) is 0 Å². The lowest BCUT2D eigenvalue weighted by Gasteiger charge is -2.19. The quantitative estimate of drug-likeness (QED) is 0.586. The number of carbonyl (C=O) groups is 3. The molecule has 0 aliphatic heterocycles. The summed E-state index contributed by atoms with van der Waals surface area (Å²) in [5.41, 5.74) is 0.0700. The van der Waals surface area contributed by atoms with E-state index in [0.717, 1.165) is 0 Å². The van der Waals surface area contributed by atoms with Gasteiger partial charge in [0.2, 0.25) is 0 Å². The number of hydrogen-bond acceptors (Lipinski definition) is 8. The maximum atomic E-state index is 12.2. The number of ether oxygens (including phenoxy) is 5. The Bertz CT molecular complexity index is 947. The molecule has 0 saturated carbocycles. The molecule has 0 aliphatic rings. The van der Waals surface area contributed by atoms with Crippen LogP contribution in [0, 0.1) is 0 Å². The van der Waals surface area contributed by atoms with Gasteiger partial charge < -0.3 is 29.0 Å². The molecule has 1 N–H and O–H groups in total. The van der Waals surface area contributed by atoms with Crippen LogP contribution in [0.1, 0.15) is 31.1 Å². The van der Waals surface area contributed by atoms with E-state index in [0.29, 0.717) is 11.4 Å². The molecule has 0 fully saturated rings. The highest BCUT2D eigenvalue weighted by Gasteiger charge is 2.19. The van der Waals surface area contributed by atoms with Crippen molar-refractivity contribution in [3.05, 3.63) is 48.0 Å². The van der Waals surface area contributed by atoms with Gasteiger partial charge in [0, 0.05) is 5.69 Å². The van der Waals surface area contributed by atoms with E-state index in [1.807, 2.05) is 0 Å². The van der Waals surface area contributed by atoms with Crippen LogP contribution in [0.15, 0.2) is 42.5 Å². The van der Waals surface area contributed by atoms with Gasteiger partial charge in [-0.2, -0.15) is 0 Å². The van der Waals surface area contributed by atoms with Gasteiger partial charge in [-0.3, -0.25) is 4.79 Å². The van der Waals surface area contributed by atoms with Crippen LogP contribution in [0.5, 0.6) is 17.2 Å². The summed E-state index contributed by atoms with van der Waals surface area (Å²) in [5.74, 6) is -0.583. The number of anilines is 1. The summed E-state index contributed by atoms with van der Waals surface area (Å²) in [7, 11) is 2.95. The number of hydrogen-bond donors (Lipinski definition) is 1. The molecule has 0 saturated heterocycles. The number of nitrogens with one attached hydrogen (secondary N) is 1. The highest BCUT2D eigenvalue weighted by molar-refractivity contribution is 5.92. The average Bonchev–Trinajstić information content (AvgIpc) is 2.75. The lowest BCUT2D eigenvalue weighted by Crippen LogP contribution is -2.27. The normalized spacial score (nSPS) is 10.7. The molecule has 2 aromatic rings. The number of methoxy groups -OCH3 is 2. The fourth-order valence-corrected chi connectivity index (χ4v) is 2.51. The Morgan fingerprint density at radius 1 is 0.875 bits per heavy atom. The van der Waals surface area contributed by atoms with Crippen LogP contribution in [0.25, 0.3) is 0 Å². The summed E-state index contributed by atoms with van der Waals surface area (Å²) >= 11 is 0. The van der Waals surface area contributed by atoms with E-state index in [1.165, 1.54) is 25.3 Å². The minimum Gasteiger partial charge on any atom is -0.497 e. The van der Waals surface area contributed by atoms with E-state index in [9.17, 15) is 14.4 Å². The van der Waals surface area contributed by atoms with Gasteiger partial charge in [-0.1, -0.05) is 0 Å². The average molecular weight is 445 g/mol. The smallest absolute Gasteiger partial charge is 0.344 e. The first kappa shape index (κ1) is 24.5. The molecule has 2 rings (SSSR count). The lowest BCUT2D eigenvalue weighted by molar-refractivity contribution is -0.158. The zero-order valence-corrected chi connectivity index (χ0v) is 18.7. The van der Waals surface area contributed by atoms with Crippen molar-refractivity contribution in [1.29, 1.82) is 0 Å². The van der Waals surface area contributed by atoms with Crippen LogP contribution < -0.4 is 19.5 Å². The number of esters is 2. The Hall–Kier alpha value is -3.75. The van der Waals surface area contributed by atoms with Crippen LogP contribution in [-0.2, 0) is 19.1 Å². The molecule has 2 aromatic carbocycles. The first-order chi connectivity index (χ1) is 15.1. The van der Waals surface area contributed by atoms with Crippen molar-refractivity contribution in [1.82, 2.24) is 0 Å². The van der Waals surface area contributed by atoms with Gasteiger partial charge in [-0.15, -0.1) is 0 Å². The van der Waals surface area contributed by atoms with E-state index < -0.39 is 24.1 Å². The van der Waals surface area contributed by atoms with E-state index in [-0.39, 0.29) is 29.6 Å². The summed E-state index contributed by atoms with van der Waals surface area (Å²) in [6.45, 7) is 4.36. The summed E-state index contributed by atoms with van der Waals surface area (Å²) in [4.78, 5) is 36.0. The van der Waals surface area contributed by atoms with Gasteiger partial charge in [-0.25, -0.2) is 9.59 Å². The second kappa shape index (κ2) is 11.0. The molecule has 9 nitrogen and oxygen atoms in total. The molecule has 0 heterocycles. The highest BCUT2D eigenvalue weighted by Crippen LogP contribution is 2.28. The largest absolute Gasteiger partial charge is 0.497 e. The maximum absolute atomic E-state index is 12.2. The van der Waals surface area contributed by atoms with Gasteiger partial charge >= 0.3 is 11.9 Å². The number of carbonyl (C=O) groups excluding carboxylic acids is 3. The molecule has 32 heavy (non-hydrogen) atoms. The third-order valence-electron chi connectivity index (χ3n) is 3.87. The molecule has 1 amide bonds. The van der Waals surface area contributed by atoms with Gasteiger partial charge in [0.05, 0.1) is 19.8 Å². The minimum atomic E-state index is -0.724. The maximum Gasteiger partial charge on any atom is 0.344 e. The van der Waals surface area contributed by atoms with E-state index >= 15 is 0 Å². The predicted octanol–water partition coefficient (Wildman–Crippen LogP) is 3.22. The van der Waals surface area contributed by atoms with E-state index in [1.54, 1.807) is 52.1 Å². The molecular weight excluding hydrogens is 418 g/mol. The molecule has 0 aromatic heterocycles. The topological polar surface area (TPSA) is 109 Å². The summed E-state index contributed by atoms with van der Waals surface area (Å²) in [6, 6.07) is 11.2. The van der Waals surface area contributed by atoms with Gasteiger partial charge in [0.1, 0.15) is 11.4 Å². The Morgan fingerprint density at radius 2 is 1.56 bits per heavy atom. The minimum absolute atomic E-state index is 0.153. The standard InChI is InChI=1S/C23H27NO8/c1-23(2,3)32-21(26)14-31-22(27)15-6-11-18(19(12-15)29-5)30-13-20(25)24-16-7-9-17(28-4)10-8-16/h6-12H,13-14H2,1-5H3,(H,24,25). The van der Waals surface area contributed by atoms with Crippen molar-refractivity contribution in [3.63, 3.8) is 0 Å². The summed E-state index contributed by atoms with van der Waals surface area (Å²) in [5, 5.41) is 2.70. The first-order valence-corrected chi connectivity index (χ1v) is 9.75. The Labute approximate surface area is 186 Å². The molecule has 0 bridgehead atoms. The third kappa shape index (κ3) is 7.82. The first-order valence-electron chi connectivity index (χ1n) is 9.75. The fourth-order valence-electron chi connectivity index (χ4n) is 2.51. The monoisotopic (exact) mass is 445 g/mol. The fraction of sp³-hybridized carbons (Fsp3) is 0.348. The number of benzene rings is 2. The molecular formula is C23H27NO8. The Balaban J connectivity index is 1.92. The summed E-state index contributed by atoms with van der Waals surface area (Å²) < 4.78 is 25.9. The van der Waals surface area contributed by atoms with E-state index in [2.05, 4.69) is 5.32 Å². The van der Waals surface area contributed by atoms with Crippen molar-refractivity contribution in [3.8, 4) is 17.2 Å². The predicted molar refractivity (Wildman–Crippen MR) is 116 cm³/mol. The van der Waals surface area contributed by atoms with Crippen molar-refractivity contribution >= 4 is 23.5 Å². The van der Waals surface area contributed by atoms with Crippen LogP contribution >= 0.6 is 0 Å². The second-order valence-corrected chi connectivity index (χ2v) is 7.59. The van der Waals surface area contributed by atoms with Gasteiger partial charge in [0.25, 0.3) is 5.91 Å². The SMILES string of the molecule is COc1ccc(NC(=O)COc2ccc(C(=O)OCC(=O)OC(C)(C)C)cc2OC)cc1. The molecule has 0 radical (unpaired) electrons. The highest BCUT2D eigenvalue weighted by atomic mass is 16.6. The van der Waals surface area contributed by atoms with Crippen LogP contribution in [0.2, 0.25) is 0 Å². The molecule has 0 spiro atoms.